The summed E-state index contributed by atoms with van der Waals surface area (Å²) in [6.45, 7) is 0.259. The van der Waals surface area contributed by atoms with Gasteiger partial charge in [-0.05, 0) is 6.07 Å². The topological polar surface area (TPSA) is 45.5 Å². The predicted octanol–water partition coefficient (Wildman–Crippen LogP) is 1.82. The molecule has 2 aromatic rings. The predicted molar refractivity (Wildman–Crippen MR) is 61.3 cm³/mol. The summed E-state index contributed by atoms with van der Waals surface area (Å²) in [5, 5.41) is 4.15. The van der Waals surface area contributed by atoms with Gasteiger partial charge in [0.25, 0.3) is 0 Å². The maximum absolute atomic E-state index is 5.36. The zero-order chi connectivity index (χ0) is 11.8. The maximum Gasteiger partial charge on any atom is 0.231 e. The van der Waals surface area contributed by atoms with E-state index in [0.717, 1.165) is 28.4 Å². The van der Waals surface area contributed by atoms with Crippen molar-refractivity contribution in [1.82, 2.24) is 9.78 Å². The van der Waals surface area contributed by atoms with E-state index < -0.39 is 0 Å². The van der Waals surface area contributed by atoms with Crippen molar-refractivity contribution < 1.29 is 14.2 Å². The minimum absolute atomic E-state index is 0.259. The van der Waals surface area contributed by atoms with Crippen LogP contribution in [-0.2, 0) is 7.05 Å². The number of aryl methyl sites for hydroxylation is 1. The molecule has 17 heavy (non-hydrogen) atoms. The van der Waals surface area contributed by atoms with E-state index in [1.165, 1.54) is 0 Å². The first-order valence-electron chi connectivity index (χ1n) is 5.24. The smallest absolute Gasteiger partial charge is 0.231 e. The van der Waals surface area contributed by atoms with Crippen LogP contribution < -0.4 is 14.2 Å². The summed E-state index contributed by atoms with van der Waals surface area (Å²) in [7, 11) is 3.51. The molecule has 0 unspecified atom stereocenters. The molecule has 1 aromatic heterocycles. The Kier molecular flexibility index (Phi) is 2.18. The summed E-state index contributed by atoms with van der Waals surface area (Å²) in [4.78, 5) is 0. The van der Waals surface area contributed by atoms with Crippen molar-refractivity contribution in [3.8, 4) is 28.4 Å². The molecule has 0 atom stereocenters. The van der Waals surface area contributed by atoms with Crippen molar-refractivity contribution in [2.75, 3.05) is 13.9 Å². The number of hydrogen-bond acceptors (Lipinski definition) is 4. The molecule has 3 rings (SSSR count). The first-order chi connectivity index (χ1) is 8.28. The van der Waals surface area contributed by atoms with Crippen molar-refractivity contribution in [2.45, 2.75) is 0 Å². The van der Waals surface area contributed by atoms with Crippen molar-refractivity contribution in [3.05, 3.63) is 24.5 Å². The van der Waals surface area contributed by atoms with E-state index in [1.807, 2.05) is 25.4 Å². The molecule has 0 amide bonds. The molecule has 0 fully saturated rings. The third kappa shape index (κ3) is 1.60. The number of fused-ring (bicyclic) bond motifs is 1. The number of ether oxygens (including phenoxy) is 3. The molecule has 88 valence electrons. The van der Waals surface area contributed by atoms with Crippen LogP contribution in [-0.4, -0.2) is 23.7 Å². The Hall–Kier alpha value is -2.17. The number of benzene rings is 1. The van der Waals surface area contributed by atoms with Gasteiger partial charge in [-0.1, -0.05) is 0 Å². The van der Waals surface area contributed by atoms with Crippen LogP contribution in [0.5, 0.6) is 17.2 Å². The lowest BCUT2D eigenvalue weighted by Crippen LogP contribution is -1.92. The lowest BCUT2D eigenvalue weighted by atomic mass is 10.1. The summed E-state index contributed by atoms with van der Waals surface area (Å²) < 4.78 is 17.8. The van der Waals surface area contributed by atoms with Gasteiger partial charge in [-0.25, -0.2) is 0 Å². The summed E-state index contributed by atoms with van der Waals surface area (Å²) in [5.41, 5.74) is 1.94. The summed E-state index contributed by atoms with van der Waals surface area (Å²) in [6, 6.07) is 3.75. The minimum Gasteiger partial charge on any atom is -0.496 e. The summed E-state index contributed by atoms with van der Waals surface area (Å²) in [6.07, 6.45) is 3.72. The second-order valence-corrected chi connectivity index (χ2v) is 3.81. The Morgan fingerprint density at radius 2 is 2.06 bits per heavy atom. The van der Waals surface area contributed by atoms with E-state index in [4.69, 9.17) is 14.2 Å². The van der Waals surface area contributed by atoms with Gasteiger partial charge < -0.3 is 14.2 Å². The fourth-order valence-corrected chi connectivity index (χ4v) is 1.88. The number of nitrogens with zero attached hydrogens (tertiary/aromatic N) is 2. The van der Waals surface area contributed by atoms with Gasteiger partial charge in [-0.2, -0.15) is 5.10 Å². The van der Waals surface area contributed by atoms with Crippen LogP contribution in [0.1, 0.15) is 0 Å². The molecular formula is C12H12N2O3. The van der Waals surface area contributed by atoms with Crippen molar-refractivity contribution >= 4 is 0 Å². The molecule has 1 aliphatic rings. The van der Waals surface area contributed by atoms with E-state index in [1.54, 1.807) is 18.0 Å². The van der Waals surface area contributed by atoms with Crippen LogP contribution in [0.4, 0.5) is 0 Å². The highest BCUT2D eigenvalue weighted by atomic mass is 16.7. The largest absolute Gasteiger partial charge is 0.496 e. The van der Waals surface area contributed by atoms with E-state index in [-0.39, 0.29) is 6.79 Å². The van der Waals surface area contributed by atoms with Gasteiger partial charge in [-0.3, -0.25) is 4.68 Å². The van der Waals surface area contributed by atoms with E-state index in [2.05, 4.69) is 5.10 Å². The van der Waals surface area contributed by atoms with Crippen LogP contribution in [0.15, 0.2) is 24.5 Å². The van der Waals surface area contributed by atoms with Gasteiger partial charge in [0.1, 0.15) is 5.75 Å². The molecular weight excluding hydrogens is 220 g/mol. The van der Waals surface area contributed by atoms with Crippen LogP contribution >= 0.6 is 0 Å². The third-order valence-electron chi connectivity index (χ3n) is 2.71. The standard InChI is InChI=1S/C12H12N2O3/c1-14-6-8(5-13-14)9-3-11-12(17-7-16-11)4-10(9)15-2/h3-6H,7H2,1-2H3. The molecule has 0 bridgehead atoms. The molecule has 0 radical (unpaired) electrons. The number of hydrogen-bond donors (Lipinski definition) is 0. The zero-order valence-corrected chi connectivity index (χ0v) is 9.64. The molecule has 0 aliphatic carbocycles. The van der Waals surface area contributed by atoms with Crippen LogP contribution in [0.3, 0.4) is 0 Å². The average molecular weight is 232 g/mol. The molecule has 0 N–H and O–H groups in total. The zero-order valence-electron chi connectivity index (χ0n) is 9.64. The van der Waals surface area contributed by atoms with Crippen LogP contribution in [0.25, 0.3) is 11.1 Å². The Bertz CT molecular complexity index is 563. The second kappa shape index (κ2) is 3.69. The van der Waals surface area contributed by atoms with Gasteiger partial charge >= 0.3 is 0 Å². The van der Waals surface area contributed by atoms with Gasteiger partial charge in [-0.15, -0.1) is 0 Å². The van der Waals surface area contributed by atoms with E-state index in [0.29, 0.717) is 0 Å². The molecule has 0 saturated heterocycles. The third-order valence-corrected chi connectivity index (χ3v) is 2.71. The number of aromatic nitrogens is 2. The van der Waals surface area contributed by atoms with Crippen molar-refractivity contribution in [2.24, 2.45) is 7.05 Å². The highest BCUT2D eigenvalue weighted by Gasteiger charge is 2.19. The van der Waals surface area contributed by atoms with Gasteiger partial charge in [0.05, 0.1) is 13.3 Å². The second-order valence-electron chi connectivity index (χ2n) is 3.81. The molecule has 2 heterocycles. The number of rotatable bonds is 2. The molecule has 1 aromatic carbocycles. The Morgan fingerprint density at radius 1 is 1.29 bits per heavy atom. The Labute approximate surface area is 98.5 Å². The molecule has 1 aliphatic heterocycles. The lowest BCUT2D eigenvalue weighted by molar-refractivity contribution is 0.174. The van der Waals surface area contributed by atoms with Crippen LogP contribution in [0, 0.1) is 0 Å². The Morgan fingerprint density at radius 3 is 2.71 bits per heavy atom. The Balaban J connectivity index is 2.15. The van der Waals surface area contributed by atoms with E-state index in [9.17, 15) is 0 Å². The van der Waals surface area contributed by atoms with Gasteiger partial charge in [0.15, 0.2) is 11.5 Å². The average Bonchev–Trinajstić information content (AvgIpc) is 2.94. The number of methoxy groups -OCH3 is 1. The summed E-state index contributed by atoms with van der Waals surface area (Å²) in [5.74, 6) is 2.21. The molecule has 0 saturated carbocycles. The normalized spacial score (nSPS) is 12.8. The van der Waals surface area contributed by atoms with Crippen molar-refractivity contribution in [3.63, 3.8) is 0 Å². The maximum atomic E-state index is 5.36. The molecule has 5 nitrogen and oxygen atoms in total. The van der Waals surface area contributed by atoms with E-state index >= 15 is 0 Å². The fourth-order valence-electron chi connectivity index (χ4n) is 1.88. The van der Waals surface area contributed by atoms with Gasteiger partial charge in [0, 0.05) is 30.4 Å². The SMILES string of the molecule is COc1cc2c(cc1-c1cnn(C)c1)OCO2. The minimum atomic E-state index is 0.259. The first-order valence-corrected chi connectivity index (χ1v) is 5.24. The highest BCUT2D eigenvalue weighted by Crippen LogP contribution is 2.42. The molecule has 5 heteroatoms. The lowest BCUT2D eigenvalue weighted by Gasteiger charge is -2.08. The first kappa shape index (κ1) is 10.0. The monoisotopic (exact) mass is 232 g/mol. The quantitative estimate of drug-likeness (QED) is 0.792. The fraction of sp³-hybridized carbons (Fsp3) is 0.250. The van der Waals surface area contributed by atoms with Crippen molar-refractivity contribution in [1.29, 1.82) is 0 Å². The molecule has 0 spiro atoms. The summed E-state index contributed by atoms with van der Waals surface area (Å²) >= 11 is 0. The van der Waals surface area contributed by atoms with Gasteiger partial charge in [0.2, 0.25) is 6.79 Å². The van der Waals surface area contributed by atoms with Crippen LogP contribution in [0.2, 0.25) is 0 Å². The highest BCUT2D eigenvalue weighted by molar-refractivity contribution is 5.73.